The third-order valence-electron chi connectivity index (χ3n) is 4.00. The minimum absolute atomic E-state index is 0.0344. The summed E-state index contributed by atoms with van der Waals surface area (Å²) in [7, 11) is 0. The summed E-state index contributed by atoms with van der Waals surface area (Å²) in [6.07, 6.45) is 1.87. The normalized spacial score (nSPS) is 10.3. The van der Waals surface area contributed by atoms with Crippen molar-refractivity contribution in [3.05, 3.63) is 58.6 Å². The molecular weight excluding hydrogens is 406 g/mol. The standard InChI is InChI=1S/C21H26BrN3O2/c1-3-13-25(14-4-2)21(27)16-9-11-17(12-10-16)24-20(26)15-23-19-8-6-5-7-18(19)22/h5-12,23H,3-4,13-15H2,1-2H3,(H,24,26). The highest BCUT2D eigenvalue weighted by atomic mass is 79.9. The number of carbonyl (C=O) groups is 2. The first-order chi connectivity index (χ1) is 13.0. The fraction of sp³-hybridized carbons (Fsp3) is 0.333. The fourth-order valence-corrected chi connectivity index (χ4v) is 3.14. The molecule has 2 amide bonds. The van der Waals surface area contributed by atoms with Gasteiger partial charge in [-0.25, -0.2) is 0 Å². The Labute approximate surface area is 169 Å². The maximum Gasteiger partial charge on any atom is 0.253 e. The van der Waals surface area contributed by atoms with Crippen LogP contribution >= 0.6 is 15.9 Å². The molecule has 5 nitrogen and oxygen atoms in total. The van der Waals surface area contributed by atoms with Gasteiger partial charge < -0.3 is 15.5 Å². The minimum atomic E-state index is -0.150. The Kier molecular flexibility index (Phi) is 8.33. The van der Waals surface area contributed by atoms with Gasteiger partial charge in [-0.05, 0) is 65.2 Å². The molecule has 2 rings (SSSR count). The molecule has 0 unspecified atom stereocenters. The second kappa shape index (κ2) is 10.7. The maximum absolute atomic E-state index is 12.6. The predicted octanol–water partition coefficient (Wildman–Crippen LogP) is 4.76. The van der Waals surface area contributed by atoms with Crippen molar-refractivity contribution in [3.8, 4) is 0 Å². The number of hydrogen-bond acceptors (Lipinski definition) is 3. The van der Waals surface area contributed by atoms with Crippen LogP contribution in [0.15, 0.2) is 53.0 Å². The van der Waals surface area contributed by atoms with E-state index in [1.807, 2.05) is 29.2 Å². The van der Waals surface area contributed by atoms with Crippen LogP contribution in [-0.2, 0) is 4.79 Å². The van der Waals surface area contributed by atoms with E-state index in [1.54, 1.807) is 24.3 Å². The van der Waals surface area contributed by atoms with Gasteiger partial charge in [-0.15, -0.1) is 0 Å². The first kappa shape index (κ1) is 21.0. The van der Waals surface area contributed by atoms with Gasteiger partial charge in [-0.2, -0.15) is 0 Å². The zero-order valence-electron chi connectivity index (χ0n) is 15.8. The van der Waals surface area contributed by atoms with Crippen molar-refractivity contribution < 1.29 is 9.59 Å². The zero-order chi connectivity index (χ0) is 19.6. The Morgan fingerprint density at radius 2 is 1.59 bits per heavy atom. The van der Waals surface area contributed by atoms with Crippen molar-refractivity contribution in [2.45, 2.75) is 26.7 Å². The zero-order valence-corrected chi connectivity index (χ0v) is 17.4. The van der Waals surface area contributed by atoms with Crippen LogP contribution in [0.5, 0.6) is 0 Å². The Bertz CT molecular complexity index is 756. The monoisotopic (exact) mass is 431 g/mol. The minimum Gasteiger partial charge on any atom is -0.375 e. The van der Waals surface area contributed by atoms with E-state index < -0.39 is 0 Å². The van der Waals surface area contributed by atoms with E-state index in [-0.39, 0.29) is 18.4 Å². The molecule has 0 aliphatic carbocycles. The SMILES string of the molecule is CCCN(CCC)C(=O)c1ccc(NC(=O)CNc2ccccc2Br)cc1. The van der Waals surface area contributed by atoms with Gasteiger partial charge in [0.25, 0.3) is 5.91 Å². The van der Waals surface area contributed by atoms with E-state index in [0.717, 1.165) is 36.1 Å². The summed E-state index contributed by atoms with van der Waals surface area (Å²) in [6, 6.07) is 14.7. The molecule has 0 spiro atoms. The second-order valence-corrected chi connectivity index (χ2v) is 7.11. The smallest absolute Gasteiger partial charge is 0.253 e. The number of nitrogens with one attached hydrogen (secondary N) is 2. The third-order valence-corrected chi connectivity index (χ3v) is 4.69. The quantitative estimate of drug-likeness (QED) is 0.601. The van der Waals surface area contributed by atoms with Crippen LogP contribution in [0.25, 0.3) is 0 Å². The molecule has 27 heavy (non-hydrogen) atoms. The second-order valence-electron chi connectivity index (χ2n) is 6.25. The number of carbonyl (C=O) groups excluding carboxylic acids is 2. The number of nitrogens with zero attached hydrogens (tertiary/aromatic N) is 1. The van der Waals surface area contributed by atoms with Crippen molar-refractivity contribution in [1.82, 2.24) is 4.90 Å². The molecule has 0 saturated heterocycles. The van der Waals surface area contributed by atoms with Crippen molar-refractivity contribution in [3.63, 3.8) is 0 Å². The van der Waals surface area contributed by atoms with Crippen LogP contribution in [0.1, 0.15) is 37.0 Å². The number of halogens is 1. The number of amides is 2. The lowest BCUT2D eigenvalue weighted by Crippen LogP contribution is -2.32. The number of hydrogen-bond donors (Lipinski definition) is 2. The van der Waals surface area contributed by atoms with Crippen LogP contribution in [0.3, 0.4) is 0 Å². The molecule has 0 atom stereocenters. The number of rotatable bonds is 9. The van der Waals surface area contributed by atoms with Crippen molar-refractivity contribution in [1.29, 1.82) is 0 Å². The first-order valence-electron chi connectivity index (χ1n) is 9.22. The van der Waals surface area contributed by atoms with Crippen molar-refractivity contribution in [2.75, 3.05) is 30.3 Å². The summed E-state index contributed by atoms with van der Waals surface area (Å²) < 4.78 is 0.907. The van der Waals surface area contributed by atoms with Gasteiger partial charge in [0, 0.05) is 34.5 Å². The van der Waals surface area contributed by atoms with E-state index in [9.17, 15) is 9.59 Å². The number of benzene rings is 2. The molecule has 0 aliphatic heterocycles. The highest BCUT2D eigenvalue weighted by molar-refractivity contribution is 9.10. The molecule has 0 fully saturated rings. The van der Waals surface area contributed by atoms with Crippen LogP contribution in [0, 0.1) is 0 Å². The Hall–Kier alpha value is -2.34. The van der Waals surface area contributed by atoms with Gasteiger partial charge in [0.05, 0.1) is 6.54 Å². The van der Waals surface area contributed by atoms with Crippen LogP contribution in [0.2, 0.25) is 0 Å². The first-order valence-corrected chi connectivity index (χ1v) is 10.0. The van der Waals surface area contributed by atoms with Crippen molar-refractivity contribution in [2.24, 2.45) is 0 Å². The highest BCUT2D eigenvalue weighted by Gasteiger charge is 2.14. The van der Waals surface area contributed by atoms with Gasteiger partial charge in [0.2, 0.25) is 5.91 Å². The van der Waals surface area contributed by atoms with E-state index in [0.29, 0.717) is 11.3 Å². The molecule has 0 radical (unpaired) electrons. The van der Waals surface area contributed by atoms with E-state index in [2.05, 4.69) is 40.4 Å². The van der Waals surface area contributed by atoms with Gasteiger partial charge in [-0.1, -0.05) is 26.0 Å². The number of para-hydroxylation sites is 1. The summed E-state index contributed by atoms with van der Waals surface area (Å²) in [6.45, 7) is 5.80. The maximum atomic E-state index is 12.6. The topological polar surface area (TPSA) is 61.4 Å². The average Bonchev–Trinajstić information content (AvgIpc) is 2.67. The van der Waals surface area contributed by atoms with E-state index >= 15 is 0 Å². The molecular formula is C21H26BrN3O2. The lowest BCUT2D eigenvalue weighted by Gasteiger charge is -2.21. The van der Waals surface area contributed by atoms with Gasteiger partial charge in [0.15, 0.2) is 0 Å². The van der Waals surface area contributed by atoms with Crippen LogP contribution in [0.4, 0.5) is 11.4 Å². The number of anilines is 2. The Morgan fingerprint density at radius 3 is 2.19 bits per heavy atom. The van der Waals surface area contributed by atoms with Crippen molar-refractivity contribution >= 4 is 39.1 Å². The van der Waals surface area contributed by atoms with E-state index in [1.165, 1.54) is 0 Å². The van der Waals surface area contributed by atoms with Gasteiger partial charge in [0.1, 0.15) is 0 Å². The lowest BCUT2D eigenvalue weighted by atomic mass is 10.1. The molecule has 6 heteroatoms. The third kappa shape index (κ3) is 6.40. The molecule has 0 aromatic heterocycles. The van der Waals surface area contributed by atoms with Gasteiger partial charge in [-0.3, -0.25) is 9.59 Å². The summed E-state index contributed by atoms with van der Waals surface area (Å²) in [4.78, 5) is 26.6. The lowest BCUT2D eigenvalue weighted by molar-refractivity contribution is -0.114. The predicted molar refractivity (Wildman–Crippen MR) is 114 cm³/mol. The molecule has 2 aromatic rings. The summed E-state index contributed by atoms with van der Waals surface area (Å²) in [5, 5.41) is 5.92. The van der Waals surface area contributed by atoms with Gasteiger partial charge >= 0.3 is 0 Å². The molecule has 0 aliphatic rings. The average molecular weight is 432 g/mol. The van der Waals surface area contributed by atoms with E-state index in [4.69, 9.17) is 0 Å². The Morgan fingerprint density at radius 1 is 0.963 bits per heavy atom. The largest absolute Gasteiger partial charge is 0.375 e. The summed E-state index contributed by atoms with van der Waals surface area (Å²) in [5.74, 6) is -0.115. The molecule has 144 valence electrons. The summed E-state index contributed by atoms with van der Waals surface area (Å²) >= 11 is 3.44. The van der Waals surface area contributed by atoms with Crippen LogP contribution < -0.4 is 10.6 Å². The molecule has 0 bridgehead atoms. The molecule has 0 heterocycles. The Balaban J connectivity index is 1.91. The molecule has 0 saturated carbocycles. The fourth-order valence-electron chi connectivity index (χ4n) is 2.72. The summed E-state index contributed by atoms with van der Waals surface area (Å²) in [5.41, 5.74) is 2.17. The highest BCUT2D eigenvalue weighted by Crippen LogP contribution is 2.20. The van der Waals surface area contributed by atoms with Crippen LogP contribution in [-0.4, -0.2) is 36.3 Å². The molecule has 2 N–H and O–H groups in total. The molecule has 2 aromatic carbocycles.